The largest absolute Gasteiger partial charge is 0.496 e. The van der Waals surface area contributed by atoms with Crippen molar-refractivity contribution in [2.24, 2.45) is 0 Å². The predicted molar refractivity (Wildman–Crippen MR) is 113 cm³/mol. The van der Waals surface area contributed by atoms with Crippen LogP contribution in [0.4, 0.5) is 0 Å². The monoisotopic (exact) mass is 443 g/mol. The summed E-state index contributed by atoms with van der Waals surface area (Å²) in [6.45, 7) is 3.51. The number of rotatable bonds is 9. The van der Waals surface area contributed by atoms with Crippen LogP contribution in [-0.2, 0) is 16.1 Å². The highest BCUT2D eigenvalue weighted by Crippen LogP contribution is 2.34. The van der Waals surface area contributed by atoms with Gasteiger partial charge in [-0.05, 0) is 12.0 Å². The van der Waals surface area contributed by atoms with Crippen LogP contribution in [0.2, 0.25) is 0 Å². The first-order chi connectivity index (χ1) is 15.4. The Morgan fingerprint density at radius 2 is 1.72 bits per heavy atom. The van der Waals surface area contributed by atoms with E-state index in [1.165, 1.54) is 38.4 Å². The molecule has 0 aliphatic carbocycles. The number of hydrogen-bond donors (Lipinski definition) is 1. The topological polar surface area (TPSA) is 126 Å². The van der Waals surface area contributed by atoms with Gasteiger partial charge >= 0.3 is 5.97 Å². The highest BCUT2D eigenvalue weighted by atomic mass is 16.5. The molecule has 1 N–H and O–H groups in total. The molecule has 1 aromatic carbocycles. The van der Waals surface area contributed by atoms with E-state index >= 15 is 0 Å². The highest BCUT2D eigenvalue weighted by Gasteiger charge is 2.21. The van der Waals surface area contributed by atoms with Gasteiger partial charge in [-0.2, -0.15) is 10.1 Å². The Balaban J connectivity index is 1.65. The molecule has 0 saturated carbocycles. The van der Waals surface area contributed by atoms with Crippen molar-refractivity contribution in [3.05, 3.63) is 41.5 Å². The maximum absolute atomic E-state index is 12.6. The van der Waals surface area contributed by atoms with Crippen molar-refractivity contribution >= 4 is 17.7 Å². The van der Waals surface area contributed by atoms with Crippen molar-refractivity contribution in [1.29, 1.82) is 0 Å². The summed E-state index contributed by atoms with van der Waals surface area (Å²) < 4.78 is 22.6. The molecule has 2 aromatic heterocycles. The number of hydrogen-bond acceptors (Lipinski definition) is 9. The van der Waals surface area contributed by atoms with E-state index in [9.17, 15) is 9.59 Å². The number of nitrogens with zero attached hydrogens (tertiary/aromatic N) is 4. The standard InChI is InChI=1S/C21H25N5O6/c1-12(2)19-14(9-23-21-24-11-25-26(19)21)20(28)32-10-18(27)22-8-13-6-16(30-4)17(31-5)7-15(13)29-3/h6-7,9,11-12H,8,10H2,1-5H3,(H,22,27). The van der Waals surface area contributed by atoms with Crippen molar-refractivity contribution in [3.63, 3.8) is 0 Å². The lowest BCUT2D eigenvalue weighted by Crippen LogP contribution is -2.29. The first-order valence-electron chi connectivity index (χ1n) is 9.80. The fraction of sp³-hybridized carbons (Fsp3) is 0.381. The average molecular weight is 443 g/mol. The molecule has 0 radical (unpaired) electrons. The van der Waals surface area contributed by atoms with Crippen LogP contribution in [0, 0.1) is 0 Å². The lowest BCUT2D eigenvalue weighted by Gasteiger charge is -2.15. The summed E-state index contributed by atoms with van der Waals surface area (Å²) in [6, 6.07) is 3.37. The number of ether oxygens (including phenoxy) is 4. The van der Waals surface area contributed by atoms with Gasteiger partial charge in [-0.15, -0.1) is 0 Å². The first kappa shape index (κ1) is 22.8. The van der Waals surface area contributed by atoms with Crippen LogP contribution in [-0.4, -0.2) is 59.4 Å². The predicted octanol–water partition coefficient (Wildman–Crippen LogP) is 1.75. The third-order valence-corrected chi connectivity index (χ3v) is 4.71. The molecule has 32 heavy (non-hydrogen) atoms. The van der Waals surface area contributed by atoms with Gasteiger partial charge in [0.2, 0.25) is 0 Å². The molecule has 2 heterocycles. The SMILES string of the molecule is COc1cc(OC)c(OC)cc1CNC(=O)COC(=O)c1cnc2ncnn2c1C(C)C. The molecule has 0 aliphatic heterocycles. The molecular formula is C21H25N5O6. The lowest BCUT2D eigenvalue weighted by atomic mass is 10.1. The smallest absolute Gasteiger partial charge is 0.342 e. The van der Waals surface area contributed by atoms with Gasteiger partial charge in [0.05, 0.1) is 32.6 Å². The van der Waals surface area contributed by atoms with Crippen molar-refractivity contribution in [1.82, 2.24) is 24.9 Å². The number of fused-ring (bicyclic) bond motifs is 1. The Morgan fingerprint density at radius 3 is 2.38 bits per heavy atom. The average Bonchev–Trinajstić information content (AvgIpc) is 3.28. The van der Waals surface area contributed by atoms with E-state index < -0.39 is 18.5 Å². The highest BCUT2D eigenvalue weighted by molar-refractivity contribution is 5.92. The molecule has 0 fully saturated rings. The number of methoxy groups -OCH3 is 3. The number of benzene rings is 1. The minimum absolute atomic E-state index is 0.0453. The zero-order valence-electron chi connectivity index (χ0n) is 18.5. The van der Waals surface area contributed by atoms with Gasteiger partial charge in [0, 0.05) is 24.4 Å². The molecule has 0 aliphatic rings. The maximum atomic E-state index is 12.6. The fourth-order valence-corrected chi connectivity index (χ4v) is 3.19. The Kier molecular flexibility index (Phi) is 7.08. The van der Waals surface area contributed by atoms with Crippen LogP contribution in [0.5, 0.6) is 17.2 Å². The maximum Gasteiger partial charge on any atom is 0.342 e. The molecule has 0 atom stereocenters. The van der Waals surface area contributed by atoms with Gasteiger partial charge in [0.15, 0.2) is 18.1 Å². The van der Waals surface area contributed by atoms with Crippen LogP contribution in [0.3, 0.4) is 0 Å². The number of carbonyl (C=O) groups excluding carboxylic acids is 2. The molecule has 0 unspecified atom stereocenters. The van der Waals surface area contributed by atoms with Crippen molar-refractivity contribution in [3.8, 4) is 17.2 Å². The molecule has 1 amide bonds. The van der Waals surface area contributed by atoms with Gasteiger partial charge in [0.25, 0.3) is 11.7 Å². The van der Waals surface area contributed by atoms with Gasteiger partial charge in [0.1, 0.15) is 12.1 Å². The summed E-state index contributed by atoms with van der Waals surface area (Å²) in [4.78, 5) is 33.0. The zero-order chi connectivity index (χ0) is 23.3. The third kappa shape index (κ3) is 4.71. The molecule has 11 nitrogen and oxygen atoms in total. The van der Waals surface area contributed by atoms with Crippen molar-refractivity contribution in [2.45, 2.75) is 26.3 Å². The number of esters is 1. The van der Waals surface area contributed by atoms with Crippen LogP contribution in [0.1, 0.15) is 41.4 Å². The summed E-state index contributed by atoms with van der Waals surface area (Å²) >= 11 is 0. The molecule has 3 rings (SSSR count). The second-order valence-electron chi connectivity index (χ2n) is 7.06. The summed E-state index contributed by atoms with van der Waals surface area (Å²) in [6.07, 6.45) is 2.74. The third-order valence-electron chi connectivity index (χ3n) is 4.71. The zero-order valence-corrected chi connectivity index (χ0v) is 18.5. The summed E-state index contributed by atoms with van der Waals surface area (Å²) in [5, 5.41) is 6.81. The second-order valence-corrected chi connectivity index (χ2v) is 7.06. The Hall–Kier alpha value is -3.89. The Bertz CT molecular complexity index is 1130. The van der Waals surface area contributed by atoms with Crippen LogP contribution >= 0.6 is 0 Å². The van der Waals surface area contributed by atoms with E-state index in [4.69, 9.17) is 18.9 Å². The Morgan fingerprint density at radius 1 is 1.03 bits per heavy atom. The number of aromatic nitrogens is 4. The van der Waals surface area contributed by atoms with Crippen LogP contribution in [0.25, 0.3) is 5.78 Å². The van der Waals surface area contributed by atoms with Crippen LogP contribution < -0.4 is 19.5 Å². The van der Waals surface area contributed by atoms with Gasteiger partial charge < -0.3 is 24.3 Å². The molecule has 0 spiro atoms. The minimum Gasteiger partial charge on any atom is -0.496 e. The number of amides is 1. The quantitative estimate of drug-likeness (QED) is 0.492. The lowest BCUT2D eigenvalue weighted by molar-refractivity contribution is -0.124. The Labute approximate surface area is 184 Å². The fourth-order valence-electron chi connectivity index (χ4n) is 3.19. The van der Waals surface area contributed by atoms with Crippen LogP contribution in [0.15, 0.2) is 24.7 Å². The molecular weight excluding hydrogens is 418 g/mol. The minimum atomic E-state index is -0.669. The molecule has 3 aromatic rings. The summed E-state index contributed by atoms with van der Waals surface area (Å²) in [5.74, 6) is 0.721. The summed E-state index contributed by atoms with van der Waals surface area (Å²) in [7, 11) is 4.55. The number of nitrogens with one attached hydrogen (secondary N) is 1. The van der Waals surface area contributed by atoms with Crippen molar-refractivity contribution in [2.75, 3.05) is 27.9 Å². The molecule has 11 heteroatoms. The van der Waals surface area contributed by atoms with E-state index in [2.05, 4.69) is 20.4 Å². The van der Waals surface area contributed by atoms with Crippen molar-refractivity contribution < 1.29 is 28.5 Å². The first-order valence-corrected chi connectivity index (χ1v) is 9.80. The molecule has 0 bridgehead atoms. The van der Waals surface area contributed by atoms with E-state index in [-0.39, 0.29) is 18.0 Å². The van der Waals surface area contributed by atoms with E-state index in [1.54, 1.807) is 12.1 Å². The molecule has 0 saturated heterocycles. The van der Waals surface area contributed by atoms with E-state index in [0.29, 0.717) is 34.3 Å². The van der Waals surface area contributed by atoms with Gasteiger partial charge in [-0.1, -0.05) is 13.8 Å². The van der Waals surface area contributed by atoms with E-state index in [0.717, 1.165) is 0 Å². The number of carbonyl (C=O) groups is 2. The summed E-state index contributed by atoms with van der Waals surface area (Å²) in [5.41, 5.74) is 1.51. The van der Waals surface area contributed by atoms with Gasteiger partial charge in [-0.25, -0.2) is 14.3 Å². The molecule has 170 valence electrons. The van der Waals surface area contributed by atoms with E-state index in [1.807, 2.05) is 13.8 Å². The van der Waals surface area contributed by atoms with Gasteiger partial charge in [-0.3, -0.25) is 4.79 Å². The second kappa shape index (κ2) is 9.94. The normalized spacial score (nSPS) is 10.8.